The van der Waals surface area contributed by atoms with Gasteiger partial charge in [-0.1, -0.05) is 34.1 Å². The molecule has 0 aromatic heterocycles. The van der Waals surface area contributed by atoms with Crippen LogP contribution >= 0.6 is 15.9 Å². The molecule has 1 atom stereocenters. The molecular formula is C22H20BrF3N2O3. The normalized spacial score (nSPS) is 16.3. The molecule has 1 aliphatic heterocycles. The largest absolute Gasteiger partial charge is 0.416 e. The van der Waals surface area contributed by atoms with E-state index in [9.17, 15) is 22.8 Å². The number of nitrogens with one attached hydrogen (secondary N) is 1. The number of halogens is 4. The first-order chi connectivity index (χ1) is 14.7. The fraction of sp³-hybridized carbons (Fsp3) is 0.273. The van der Waals surface area contributed by atoms with Crippen LogP contribution < -0.4 is 5.32 Å². The quantitative estimate of drug-likeness (QED) is 0.626. The van der Waals surface area contributed by atoms with E-state index in [1.165, 1.54) is 24.3 Å². The van der Waals surface area contributed by atoms with E-state index in [1.807, 2.05) is 18.2 Å². The van der Waals surface area contributed by atoms with Gasteiger partial charge in [0.05, 0.1) is 18.7 Å². The third-order valence-electron chi connectivity index (χ3n) is 4.92. The van der Waals surface area contributed by atoms with Crippen molar-refractivity contribution in [2.75, 3.05) is 20.2 Å². The second-order valence-electron chi connectivity index (χ2n) is 7.01. The van der Waals surface area contributed by atoms with Gasteiger partial charge in [-0.05, 0) is 47.0 Å². The minimum absolute atomic E-state index is 0.196. The van der Waals surface area contributed by atoms with Gasteiger partial charge in [0.25, 0.3) is 0 Å². The van der Waals surface area contributed by atoms with E-state index in [0.717, 1.165) is 27.7 Å². The minimum Gasteiger partial charge on any atom is -0.375 e. The van der Waals surface area contributed by atoms with Crippen LogP contribution in [0, 0.1) is 0 Å². The van der Waals surface area contributed by atoms with Gasteiger partial charge in [0, 0.05) is 24.2 Å². The third-order valence-corrected chi connectivity index (χ3v) is 5.41. The number of carbonyl (C=O) groups excluding carboxylic acids is 2. The average Bonchev–Trinajstić information content (AvgIpc) is 2.74. The molecule has 2 aromatic rings. The monoisotopic (exact) mass is 496 g/mol. The number of ether oxygens (including phenoxy) is 1. The molecule has 2 aromatic carbocycles. The maximum Gasteiger partial charge on any atom is 0.416 e. The first-order valence-corrected chi connectivity index (χ1v) is 10.2. The molecule has 0 fully saturated rings. The van der Waals surface area contributed by atoms with Crippen molar-refractivity contribution in [3.05, 3.63) is 75.3 Å². The van der Waals surface area contributed by atoms with Crippen molar-refractivity contribution in [1.82, 2.24) is 10.2 Å². The van der Waals surface area contributed by atoms with E-state index in [0.29, 0.717) is 18.7 Å². The second kappa shape index (κ2) is 9.65. The molecule has 1 heterocycles. The van der Waals surface area contributed by atoms with E-state index in [4.69, 9.17) is 4.74 Å². The van der Waals surface area contributed by atoms with Gasteiger partial charge in [0.15, 0.2) is 0 Å². The summed E-state index contributed by atoms with van der Waals surface area (Å²) in [6.07, 6.45) is -2.11. The Hall–Kier alpha value is -2.65. The number of benzene rings is 2. The molecule has 9 heteroatoms. The first kappa shape index (κ1) is 23.0. The van der Waals surface area contributed by atoms with E-state index in [-0.39, 0.29) is 18.6 Å². The van der Waals surface area contributed by atoms with Crippen LogP contribution in [0.2, 0.25) is 0 Å². The number of methoxy groups -OCH3 is 1. The molecule has 31 heavy (non-hydrogen) atoms. The van der Waals surface area contributed by atoms with Crippen LogP contribution in [0.5, 0.6) is 0 Å². The Bertz CT molecular complexity index is 990. The summed E-state index contributed by atoms with van der Waals surface area (Å²) < 4.78 is 44.2. The summed E-state index contributed by atoms with van der Waals surface area (Å²) in [6, 6.07) is 10.2. The molecule has 3 rings (SSSR count). The maximum atomic E-state index is 12.6. The van der Waals surface area contributed by atoms with E-state index >= 15 is 0 Å². The number of amides is 2. The topological polar surface area (TPSA) is 58.6 Å². The van der Waals surface area contributed by atoms with Crippen molar-refractivity contribution in [3.63, 3.8) is 0 Å². The summed E-state index contributed by atoms with van der Waals surface area (Å²) >= 11 is 3.44. The van der Waals surface area contributed by atoms with Gasteiger partial charge < -0.3 is 15.0 Å². The number of hydrogen-bond donors (Lipinski definition) is 1. The summed E-state index contributed by atoms with van der Waals surface area (Å²) in [6.45, 7) is 0.590. The lowest BCUT2D eigenvalue weighted by atomic mass is 9.97. The van der Waals surface area contributed by atoms with Crippen molar-refractivity contribution < 1.29 is 27.5 Å². The Labute approximate surface area is 186 Å². The van der Waals surface area contributed by atoms with Gasteiger partial charge in [-0.15, -0.1) is 0 Å². The fourth-order valence-corrected chi connectivity index (χ4v) is 3.64. The van der Waals surface area contributed by atoms with Crippen LogP contribution in [0.15, 0.2) is 53.0 Å². The summed E-state index contributed by atoms with van der Waals surface area (Å²) in [7, 11) is 1.58. The van der Waals surface area contributed by atoms with E-state index in [1.54, 1.807) is 12.0 Å². The molecule has 2 amide bonds. The van der Waals surface area contributed by atoms with Crippen molar-refractivity contribution in [2.45, 2.75) is 18.8 Å². The van der Waals surface area contributed by atoms with Gasteiger partial charge >= 0.3 is 6.18 Å². The van der Waals surface area contributed by atoms with E-state index in [2.05, 4.69) is 21.2 Å². The summed E-state index contributed by atoms with van der Waals surface area (Å²) in [4.78, 5) is 26.2. The highest BCUT2D eigenvalue weighted by molar-refractivity contribution is 9.10. The fourth-order valence-electron chi connectivity index (χ4n) is 3.26. The SMILES string of the molecule is COC1CN(C(=O)CNC(=O)/C=C/c2ccc(C(F)(F)F)cc2)Cc2ccc(Br)cc21. The lowest BCUT2D eigenvalue weighted by molar-refractivity contribution is -0.137. The van der Waals surface area contributed by atoms with Gasteiger partial charge in [0.2, 0.25) is 11.8 Å². The summed E-state index contributed by atoms with van der Waals surface area (Å²) in [5, 5.41) is 2.51. The lowest BCUT2D eigenvalue weighted by Gasteiger charge is -2.34. The molecule has 0 saturated heterocycles. The van der Waals surface area contributed by atoms with Gasteiger partial charge in [-0.3, -0.25) is 9.59 Å². The number of alkyl halides is 3. The number of hydrogen-bond acceptors (Lipinski definition) is 3. The third kappa shape index (κ3) is 5.95. The van der Waals surface area contributed by atoms with Crippen LogP contribution in [-0.4, -0.2) is 36.9 Å². The van der Waals surface area contributed by atoms with Crippen LogP contribution in [0.1, 0.15) is 28.4 Å². The molecule has 1 aliphatic rings. The first-order valence-electron chi connectivity index (χ1n) is 9.39. The number of carbonyl (C=O) groups is 2. The predicted octanol–water partition coefficient (Wildman–Crippen LogP) is 4.33. The zero-order valence-corrected chi connectivity index (χ0v) is 18.2. The van der Waals surface area contributed by atoms with Crippen LogP contribution in [0.4, 0.5) is 13.2 Å². The Balaban J connectivity index is 1.55. The van der Waals surface area contributed by atoms with Crippen LogP contribution in [-0.2, 0) is 27.0 Å². The van der Waals surface area contributed by atoms with Crippen molar-refractivity contribution >= 4 is 33.8 Å². The molecule has 0 radical (unpaired) electrons. The number of rotatable bonds is 5. The highest BCUT2D eigenvalue weighted by Crippen LogP contribution is 2.31. The van der Waals surface area contributed by atoms with Crippen molar-refractivity contribution in [3.8, 4) is 0 Å². The smallest absolute Gasteiger partial charge is 0.375 e. The summed E-state index contributed by atoms with van der Waals surface area (Å²) in [5.41, 5.74) is 1.67. The Kier molecular flexibility index (Phi) is 7.17. The number of fused-ring (bicyclic) bond motifs is 1. The molecule has 0 aliphatic carbocycles. The van der Waals surface area contributed by atoms with Crippen LogP contribution in [0.3, 0.4) is 0 Å². The van der Waals surface area contributed by atoms with Crippen molar-refractivity contribution in [1.29, 1.82) is 0 Å². The molecule has 5 nitrogen and oxygen atoms in total. The molecule has 1 unspecified atom stereocenters. The van der Waals surface area contributed by atoms with Crippen molar-refractivity contribution in [2.24, 2.45) is 0 Å². The lowest BCUT2D eigenvalue weighted by Crippen LogP contribution is -2.43. The molecule has 0 saturated carbocycles. The second-order valence-corrected chi connectivity index (χ2v) is 7.93. The van der Waals surface area contributed by atoms with Gasteiger partial charge in [-0.2, -0.15) is 13.2 Å². The Morgan fingerprint density at radius 3 is 2.58 bits per heavy atom. The predicted molar refractivity (Wildman–Crippen MR) is 113 cm³/mol. The van der Waals surface area contributed by atoms with Gasteiger partial charge in [0.1, 0.15) is 6.10 Å². The highest BCUT2D eigenvalue weighted by atomic mass is 79.9. The molecule has 1 N–H and O–H groups in total. The summed E-state index contributed by atoms with van der Waals surface area (Å²) in [5.74, 6) is -0.773. The van der Waals surface area contributed by atoms with Gasteiger partial charge in [-0.25, -0.2) is 0 Å². The average molecular weight is 497 g/mol. The maximum absolute atomic E-state index is 12.6. The minimum atomic E-state index is -4.41. The standard InChI is InChI=1S/C22H20BrF3N2O3/c1-31-19-13-28(12-15-5-8-17(23)10-18(15)19)21(30)11-27-20(29)9-4-14-2-6-16(7-3-14)22(24,25)26/h2-10,19H,11-13H2,1H3,(H,27,29)/b9-4+. The Morgan fingerprint density at radius 1 is 1.23 bits per heavy atom. The zero-order chi connectivity index (χ0) is 22.6. The Morgan fingerprint density at radius 2 is 1.94 bits per heavy atom. The molecular weight excluding hydrogens is 477 g/mol. The molecule has 164 valence electrons. The molecule has 0 spiro atoms. The number of nitrogens with zero attached hydrogens (tertiary/aromatic N) is 1. The molecule has 0 bridgehead atoms. The zero-order valence-electron chi connectivity index (χ0n) is 16.6. The van der Waals surface area contributed by atoms with Crippen LogP contribution in [0.25, 0.3) is 6.08 Å². The highest BCUT2D eigenvalue weighted by Gasteiger charge is 2.30. The van der Waals surface area contributed by atoms with E-state index < -0.39 is 17.6 Å².